The monoisotopic (exact) mass is 773 g/mol. The average molecular weight is 773 g/mol. The molecule has 0 aromatic heterocycles. The molecule has 4 saturated carbocycles. The molecule has 4 nitrogen and oxygen atoms in total. The maximum Gasteiger partial charge on any atom is 0.252 e. The summed E-state index contributed by atoms with van der Waals surface area (Å²) in [6.45, 7) is 29.3. The number of rotatable bonds is 11. The molecule has 2 N–H and O–H groups in total. The van der Waals surface area contributed by atoms with Crippen molar-refractivity contribution in [1.29, 1.82) is 0 Å². The highest BCUT2D eigenvalue weighted by Crippen LogP contribution is 2.74. The normalized spacial score (nSPS) is 37.5. The van der Waals surface area contributed by atoms with E-state index in [2.05, 4.69) is 149 Å². The predicted molar refractivity (Wildman–Crippen MR) is 231 cm³/mol. The standard InChI is InChI=1S/C48H76O4Si2/c1-33(2)20-19-21-35(32-51-54(12,36-22-15-13-16-23-36)37-24-17-14-18-25-37)43-39-30-40(49)44-46(7)28-27-42(52-53(10,11)45(4,5)6)34(3)38(46)26-29-47(44,8)48(39,9)31-41(43)50/h13-18,20,22-25,34-35,38-44,49-50H,19,21,26-32H2,1-12H3/t34-,35-,38?,39?,40+,41-,42+,43+,44-,46-,47-,48-/m0/s1. The Labute approximate surface area is 332 Å². The lowest BCUT2D eigenvalue weighted by Gasteiger charge is -2.69. The summed E-state index contributed by atoms with van der Waals surface area (Å²) in [6.07, 6.45) is 9.96. The number of hydrogen-bond acceptors (Lipinski definition) is 4. The van der Waals surface area contributed by atoms with Gasteiger partial charge in [-0.25, -0.2) is 0 Å². The Balaban J connectivity index is 1.30. The molecule has 2 unspecified atom stereocenters. The van der Waals surface area contributed by atoms with Gasteiger partial charge >= 0.3 is 0 Å². The van der Waals surface area contributed by atoms with Crippen molar-refractivity contribution in [3.8, 4) is 0 Å². The molecule has 6 heteroatoms. The summed E-state index contributed by atoms with van der Waals surface area (Å²) in [4.78, 5) is 0. The third kappa shape index (κ3) is 7.25. The Bertz CT molecular complexity index is 1560. The SMILES string of the molecule is CC(C)=CCC[C@@H](CO[Si](C)(c1ccccc1)c1ccccc1)[C@@H]1C2C[C@@H](O)[C@H]3[C@@]4(C)CC[C@@H](O[Si](C)(C)C(C)(C)C)[C@@H](C)C4CC[C@]3(C)[C@@]2(C)C[C@@H]1O. The van der Waals surface area contributed by atoms with Crippen LogP contribution in [0.5, 0.6) is 0 Å². The Hall–Kier alpha value is -1.55. The largest absolute Gasteiger partial charge is 0.414 e. The van der Waals surface area contributed by atoms with Gasteiger partial charge in [0.25, 0.3) is 8.32 Å². The zero-order valence-corrected chi connectivity index (χ0v) is 38.1. The van der Waals surface area contributed by atoms with Crippen LogP contribution in [-0.2, 0) is 8.85 Å². The smallest absolute Gasteiger partial charge is 0.252 e. The van der Waals surface area contributed by atoms with E-state index in [0.717, 1.165) is 44.9 Å². The topological polar surface area (TPSA) is 58.9 Å². The molecule has 12 atom stereocenters. The van der Waals surface area contributed by atoms with E-state index in [1.54, 1.807) is 0 Å². The fourth-order valence-corrected chi connectivity index (χ4v) is 17.2. The highest BCUT2D eigenvalue weighted by molar-refractivity contribution is 6.96. The molecule has 54 heavy (non-hydrogen) atoms. The predicted octanol–water partition coefficient (Wildman–Crippen LogP) is 10.4. The van der Waals surface area contributed by atoms with Crippen molar-refractivity contribution >= 4 is 27.0 Å². The first-order chi connectivity index (χ1) is 25.2. The molecular formula is C48H76O4Si2. The van der Waals surface area contributed by atoms with Crippen LogP contribution < -0.4 is 10.4 Å². The van der Waals surface area contributed by atoms with Crippen molar-refractivity contribution < 1.29 is 19.1 Å². The van der Waals surface area contributed by atoms with Crippen molar-refractivity contribution in [3.05, 3.63) is 72.3 Å². The van der Waals surface area contributed by atoms with E-state index in [0.29, 0.717) is 24.5 Å². The van der Waals surface area contributed by atoms with Gasteiger partial charge in [-0.2, -0.15) is 0 Å². The quantitative estimate of drug-likeness (QED) is 0.176. The Morgan fingerprint density at radius 1 is 0.852 bits per heavy atom. The van der Waals surface area contributed by atoms with Gasteiger partial charge in [-0.3, -0.25) is 0 Å². The minimum atomic E-state index is -2.54. The van der Waals surface area contributed by atoms with Gasteiger partial charge in [0.05, 0.1) is 12.2 Å². The molecule has 0 bridgehead atoms. The number of hydrogen-bond donors (Lipinski definition) is 2. The van der Waals surface area contributed by atoms with Crippen molar-refractivity contribution in [2.75, 3.05) is 6.61 Å². The second-order valence-electron chi connectivity index (χ2n) is 21.2. The van der Waals surface area contributed by atoms with Crippen molar-refractivity contribution in [3.63, 3.8) is 0 Å². The summed E-state index contributed by atoms with van der Waals surface area (Å²) in [7, 11) is -4.43. The molecule has 0 aliphatic heterocycles. The van der Waals surface area contributed by atoms with Gasteiger partial charge in [-0.05, 0) is 152 Å². The number of aliphatic hydroxyl groups is 2. The van der Waals surface area contributed by atoms with Gasteiger partial charge in [0, 0.05) is 12.7 Å². The zero-order chi connectivity index (χ0) is 39.5. The molecule has 4 fully saturated rings. The first-order valence-corrected chi connectivity index (χ1v) is 26.9. The molecule has 0 saturated heterocycles. The van der Waals surface area contributed by atoms with E-state index in [4.69, 9.17) is 8.85 Å². The van der Waals surface area contributed by atoms with Crippen LogP contribution in [0.15, 0.2) is 72.3 Å². The molecule has 300 valence electrons. The van der Waals surface area contributed by atoms with E-state index >= 15 is 0 Å². The maximum absolute atomic E-state index is 12.6. The first kappa shape index (κ1) is 42.1. The Morgan fingerprint density at radius 2 is 1.44 bits per heavy atom. The van der Waals surface area contributed by atoms with Crippen molar-refractivity contribution in [2.24, 2.45) is 51.8 Å². The van der Waals surface area contributed by atoms with E-state index in [9.17, 15) is 10.2 Å². The highest BCUT2D eigenvalue weighted by Gasteiger charge is 2.71. The number of allylic oxidation sites excluding steroid dienone is 2. The van der Waals surface area contributed by atoms with Crippen LogP contribution in [0.2, 0.25) is 24.7 Å². The summed E-state index contributed by atoms with van der Waals surface area (Å²) < 4.78 is 14.5. The third-order valence-electron chi connectivity index (χ3n) is 17.1. The minimum Gasteiger partial charge on any atom is -0.414 e. The Morgan fingerprint density at radius 3 is 2.00 bits per heavy atom. The molecule has 0 radical (unpaired) electrons. The van der Waals surface area contributed by atoms with Crippen LogP contribution in [0.3, 0.4) is 0 Å². The summed E-state index contributed by atoms with van der Waals surface area (Å²) in [5.74, 6) is 1.78. The summed E-state index contributed by atoms with van der Waals surface area (Å²) in [5.41, 5.74) is 1.29. The molecule has 2 aromatic carbocycles. The lowest BCUT2D eigenvalue weighted by Crippen LogP contribution is -2.66. The average Bonchev–Trinajstić information content (AvgIpc) is 3.37. The second-order valence-corrected chi connectivity index (χ2v) is 29.5. The lowest BCUT2D eigenvalue weighted by atomic mass is 9.36. The second kappa shape index (κ2) is 15.3. The fourth-order valence-electron chi connectivity index (χ4n) is 12.9. The minimum absolute atomic E-state index is 0.0498. The number of aliphatic hydroxyl groups excluding tert-OH is 2. The summed E-state index contributed by atoms with van der Waals surface area (Å²) in [5, 5.41) is 27.8. The molecular weight excluding hydrogens is 697 g/mol. The number of benzene rings is 2. The Kier molecular flexibility index (Phi) is 11.9. The highest BCUT2D eigenvalue weighted by atomic mass is 28.4. The van der Waals surface area contributed by atoms with Gasteiger partial charge in [-0.1, -0.05) is 121 Å². The third-order valence-corrected chi connectivity index (χ3v) is 25.2. The van der Waals surface area contributed by atoms with Crippen molar-refractivity contribution in [2.45, 2.75) is 157 Å². The van der Waals surface area contributed by atoms with Crippen LogP contribution >= 0.6 is 0 Å². The molecule has 2 aromatic rings. The van der Waals surface area contributed by atoms with Gasteiger partial charge in [0.1, 0.15) is 0 Å². The molecule has 0 heterocycles. The lowest BCUT2D eigenvalue weighted by molar-refractivity contribution is -0.239. The van der Waals surface area contributed by atoms with Crippen LogP contribution in [0.4, 0.5) is 0 Å². The molecule has 6 rings (SSSR count). The maximum atomic E-state index is 12.6. The fraction of sp³-hybridized carbons (Fsp3) is 0.708. The van der Waals surface area contributed by atoms with Gasteiger partial charge in [0.15, 0.2) is 8.32 Å². The molecule has 0 amide bonds. The van der Waals surface area contributed by atoms with E-state index < -0.39 is 22.7 Å². The van der Waals surface area contributed by atoms with Gasteiger partial charge < -0.3 is 19.1 Å². The molecule has 4 aliphatic carbocycles. The van der Waals surface area contributed by atoms with Gasteiger partial charge in [-0.15, -0.1) is 0 Å². The zero-order valence-electron chi connectivity index (χ0n) is 36.1. The van der Waals surface area contributed by atoms with E-state index in [1.807, 2.05) is 0 Å². The van der Waals surface area contributed by atoms with Crippen LogP contribution in [0.1, 0.15) is 114 Å². The van der Waals surface area contributed by atoms with E-state index in [-0.39, 0.29) is 51.1 Å². The molecule has 4 aliphatic rings. The van der Waals surface area contributed by atoms with Crippen LogP contribution in [-0.4, -0.2) is 51.8 Å². The van der Waals surface area contributed by atoms with Crippen molar-refractivity contribution in [1.82, 2.24) is 0 Å². The van der Waals surface area contributed by atoms with Crippen LogP contribution in [0, 0.1) is 51.8 Å². The number of fused-ring (bicyclic) bond motifs is 5. The molecule has 0 spiro atoms. The van der Waals surface area contributed by atoms with Crippen LogP contribution in [0.25, 0.3) is 0 Å². The summed E-state index contributed by atoms with van der Waals surface area (Å²) >= 11 is 0. The summed E-state index contributed by atoms with van der Waals surface area (Å²) in [6, 6.07) is 21.7. The van der Waals surface area contributed by atoms with E-state index in [1.165, 1.54) is 22.4 Å². The first-order valence-electron chi connectivity index (χ1n) is 21.6. The van der Waals surface area contributed by atoms with Gasteiger partial charge in [0.2, 0.25) is 0 Å².